The number of hydrogen-bond acceptors (Lipinski definition) is 1. The van der Waals surface area contributed by atoms with Crippen LogP contribution in [0.4, 0.5) is 0 Å². The highest BCUT2D eigenvalue weighted by molar-refractivity contribution is 6.30. The Balaban J connectivity index is 0.000000791. The lowest BCUT2D eigenvalue weighted by Crippen LogP contribution is -1.94. The molecule has 14 heavy (non-hydrogen) atoms. The molecule has 0 spiro atoms. The van der Waals surface area contributed by atoms with Crippen molar-refractivity contribution in [3.63, 3.8) is 0 Å². The van der Waals surface area contributed by atoms with E-state index in [4.69, 9.17) is 11.6 Å². The van der Waals surface area contributed by atoms with Crippen molar-refractivity contribution >= 4 is 17.3 Å². The Morgan fingerprint density at radius 2 is 1.79 bits per heavy atom. The fourth-order valence-corrected chi connectivity index (χ4v) is 1.08. The SMILES string of the molecule is C=C.C=CC(=NC)c1ccc(Cl)cc1. The molecule has 0 unspecified atom stereocenters. The minimum absolute atomic E-state index is 0.735. The van der Waals surface area contributed by atoms with Crippen molar-refractivity contribution in [1.29, 1.82) is 0 Å². The van der Waals surface area contributed by atoms with Gasteiger partial charge in [-0.25, -0.2) is 0 Å². The van der Waals surface area contributed by atoms with Gasteiger partial charge in [-0.05, 0) is 23.8 Å². The molecule has 0 saturated heterocycles. The Morgan fingerprint density at radius 1 is 1.29 bits per heavy atom. The molecule has 0 bridgehead atoms. The molecule has 0 aliphatic rings. The molecule has 0 heterocycles. The molecule has 0 fully saturated rings. The summed E-state index contributed by atoms with van der Waals surface area (Å²) in [6, 6.07) is 7.52. The molecule has 0 aliphatic carbocycles. The van der Waals surface area contributed by atoms with Gasteiger partial charge in [0, 0.05) is 12.1 Å². The summed E-state index contributed by atoms with van der Waals surface area (Å²) >= 11 is 5.74. The monoisotopic (exact) mass is 207 g/mol. The first-order valence-electron chi connectivity index (χ1n) is 4.13. The molecule has 0 saturated carbocycles. The number of rotatable bonds is 2. The molecule has 1 aromatic carbocycles. The third-order valence-corrected chi connectivity index (χ3v) is 1.83. The van der Waals surface area contributed by atoms with Crippen molar-refractivity contribution in [2.24, 2.45) is 4.99 Å². The van der Waals surface area contributed by atoms with Crippen molar-refractivity contribution in [2.45, 2.75) is 0 Å². The van der Waals surface area contributed by atoms with E-state index in [-0.39, 0.29) is 0 Å². The van der Waals surface area contributed by atoms with Gasteiger partial charge in [-0.2, -0.15) is 0 Å². The second kappa shape index (κ2) is 7.10. The van der Waals surface area contributed by atoms with Crippen molar-refractivity contribution in [3.05, 3.63) is 60.7 Å². The summed E-state index contributed by atoms with van der Waals surface area (Å²) in [6.07, 6.45) is 1.73. The van der Waals surface area contributed by atoms with Gasteiger partial charge >= 0.3 is 0 Å². The molecular weight excluding hydrogens is 194 g/mol. The van der Waals surface area contributed by atoms with E-state index < -0.39 is 0 Å². The zero-order chi connectivity index (χ0) is 11.0. The van der Waals surface area contributed by atoms with Crippen LogP contribution in [-0.4, -0.2) is 12.8 Å². The molecule has 0 aliphatic heterocycles. The van der Waals surface area contributed by atoms with E-state index in [0.29, 0.717) is 0 Å². The molecule has 74 valence electrons. The second-order valence-electron chi connectivity index (χ2n) is 2.32. The summed E-state index contributed by atoms with van der Waals surface area (Å²) in [6.45, 7) is 9.67. The van der Waals surface area contributed by atoms with Crippen LogP contribution in [0.3, 0.4) is 0 Å². The van der Waals surface area contributed by atoms with E-state index in [1.54, 1.807) is 13.1 Å². The first-order valence-corrected chi connectivity index (χ1v) is 4.51. The molecule has 1 nitrogen and oxygen atoms in total. The standard InChI is InChI=1S/C10H10ClN.C2H4/c1-3-10(12-2)8-4-6-9(11)7-5-8;1-2/h3-7H,1H2,2H3;1-2H2. The van der Waals surface area contributed by atoms with E-state index in [1.807, 2.05) is 24.3 Å². The molecule has 1 rings (SSSR count). The second-order valence-corrected chi connectivity index (χ2v) is 2.76. The van der Waals surface area contributed by atoms with Crippen LogP contribution >= 0.6 is 11.6 Å². The normalized spacial score (nSPS) is 10.0. The Bertz CT molecular complexity index is 312. The van der Waals surface area contributed by atoms with Crippen molar-refractivity contribution in [1.82, 2.24) is 0 Å². The van der Waals surface area contributed by atoms with E-state index in [0.717, 1.165) is 16.3 Å². The zero-order valence-electron chi connectivity index (χ0n) is 8.33. The fourth-order valence-electron chi connectivity index (χ4n) is 0.959. The Kier molecular flexibility index (Phi) is 6.42. The minimum Gasteiger partial charge on any atom is -0.288 e. The van der Waals surface area contributed by atoms with Gasteiger partial charge in [0.05, 0.1) is 5.71 Å². The van der Waals surface area contributed by atoms with Gasteiger partial charge < -0.3 is 0 Å². The van der Waals surface area contributed by atoms with Gasteiger partial charge in [0.15, 0.2) is 0 Å². The van der Waals surface area contributed by atoms with Crippen LogP contribution in [0.25, 0.3) is 0 Å². The number of hydrogen-bond donors (Lipinski definition) is 0. The van der Waals surface area contributed by atoms with E-state index in [1.165, 1.54) is 0 Å². The Morgan fingerprint density at radius 3 is 2.14 bits per heavy atom. The number of nitrogens with zero attached hydrogens (tertiary/aromatic N) is 1. The average Bonchev–Trinajstić information content (AvgIpc) is 2.25. The van der Waals surface area contributed by atoms with Gasteiger partial charge in [-0.1, -0.05) is 30.3 Å². The van der Waals surface area contributed by atoms with Gasteiger partial charge in [0.1, 0.15) is 0 Å². The van der Waals surface area contributed by atoms with Crippen LogP contribution in [0.2, 0.25) is 5.02 Å². The Labute approximate surface area is 90.4 Å². The summed E-state index contributed by atoms with van der Waals surface area (Å²) in [4.78, 5) is 4.06. The molecule has 0 atom stereocenters. The van der Waals surface area contributed by atoms with Crippen molar-refractivity contribution in [3.8, 4) is 0 Å². The molecule has 0 aromatic heterocycles. The van der Waals surface area contributed by atoms with Gasteiger partial charge in [-0.15, -0.1) is 13.2 Å². The minimum atomic E-state index is 0.735. The molecular formula is C12H14ClN. The lowest BCUT2D eigenvalue weighted by Gasteiger charge is -1.99. The van der Waals surface area contributed by atoms with Gasteiger partial charge in [0.2, 0.25) is 0 Å². The van der Waals surface area contributed by atoms with E-state index in [9.17, 15) is 0 Å². The maximum absolute atomic E-state index is 5.74. The van der Waals surface area contributed by atoms with Crippen molar-refractivity contribution in [2.75, 3.05) is 7.05 Å². The van der Waals surface area contributed by atoms with Crippen LogP contribution in [0.15, 0.2) is 55.1 Å². The summed E-state index contributed by atoms with van der Waals surface area (Å²) in [7, 11) is 1.74. The van der Waals surface area contributed by atoms with Gasteiger partial charge in [-0.3, -0.25) is 4.99 Å². The third-order valence-electron chi connectivity index (χ3n) is 1.57. The number of aliphatic imine (C=N–C) groups is 1. The quantitative estimate of drug-likeness (QED) is 0.518. The maximum Gasteiger partial charge on any atom is 0.0637 e. The lowest BCUT2D eigenvalue weighted by molar-refractivity contribution is 1.43. The van der Waals surface area contributed by atoms with Crippen LogP contribution in [-0.2, 0) is 0 Å². The van der Waals surface area contributed by atoms with Crippen molar-refractivity contribution < 1.29 is 0 Å². The number of benzene rings is 1. The lowest BCUT2D eigenvalue weighted by atomic mass is 10.1. The highest BCUT2D eigenvalue weighted by Crippen LogP contribution is 2.10. The first kappa shape index (κ1) is 12.7. The van der Waals surface area contributed by atoms with Crippen LogP contribution < -0.4 is 0 Å². The van der Waals surface area contributed by atoms with Gasteiger partial charge in [0.25, 0.3) is 0 Å². The predicted octanol–water partition coefficient (Wildman–Crippen LogP) is 3.75. The van der Waals surface area contributed by atoms with E-state index >= 15 is 0 Å². The topological polar surface area (TPSA) is 12.4 Å². The largest absolute Gasteiger partial charge is 0.288 e. The zero-order valence-corrected chi connectivity index (χ0v) is 9.09. The maximum atomic E-state index is 5.74. The molecule has 0 N–H and O–H groups in total. The molecule has 2 heteroatoms. The third kappa shape index (κ3) is 3.58. The molecule has 1 aromatic rings. The average molecular weight is 208 g/mol. The van der Waals surface area contributed by atoms with E-state index in [2.05, 4.69) is 24.7 Å². The Hall–Kier alpha value is -1.34. The smallest absolute Gasteiger partial charge is 0.0637 e. The highest BCUT2D eigenvalue weighted by atomic mass is 35.5. The fraction of sp³-hybridized carbons (Fsp3) is 0.0833. The molecule has 0 amide bonds. The van der Waals surface area contributed by atoms with Crippen LogP contribution in [0, 0.1) is 0 Å². The predicted molar refractivity (Wildman–Crippen MR) is 65.4 cm³/mol. The highest BCUT2D eigenvalue weighted by Gasteiger charge is 1.96. The summed E-state index contributed by atoms with van der Waals surface area (Å²) in [5, 5.41) is 0.735. The number of allylic oxidation sites excluding steroid dienone is 1. The number of halogens is 1. The first-order chi connectivity index (χ1) is 6.77. The molecule has 0 radical (unpaired) electrons. The van der Waals surface area contributed by atoms with Crippen LogP contribution in [0.5, 0.6) is 0 Å². The summed E-state index contributed by atoms with van der Waals surface area (Å²) < 4.78 is 0. The summed E-state index contributed by atoms with van der Waals surface area (Å²) in [5.74, 6) is 0. The van der Waals surface area contributed by atoms with Crippen LogP contribution in [0.1, 0.15) is 5.56 Å². The summed E-state index contributed by atoms with van der Waals surface area (Å²) in [5.41, 5.74) is 1.92.